The van der Waals surface area contributed by atoms with Gasteiger partial charge in [-0.1, -0.05) is 24.3 Å². The Morgan fingerprint density at radius 3 is 2.86 bits per heavy atom. The molecule has 3 rings (SSSR count). The maximum Gasteiger partial charge on any atom is 0.276 e. The monoisotopic (exact) mass is 412 g/mol. The summed E-state index contributed by atoms with van der Waals surface area (Å²) in [5.74, 6) is -0.191. The molecule has 2 aromatic rings. The molecule has 0 saturated carbocycles. The van der Waals surface area contributed by atoms with Crippen LogP contribution >= 0.6 is 23.1 Å². The van der Waals surface area contributed by atoms with Gasteiger partial charge >= 0.3 is 0 Å². The molecule has 0 bridgehead atoms. The van der Waals surface area contributed by atoms with E-state index >= 15 is 0 Å². The Kier molecular flexibility index (Phi) is 6.17. The van der Waals surface area contributed by atoms with Gasteiger partial charge < -0.3 is 0 Å². The van der Waals surface area contributed by atoms with Gasteiger partial charge in [0.05, 0.1) is 21.1 Å². The first-order valence-electron chi connectivity index (χ1n) is 8.23. The zero-order chi connectivity index (χ0) is 20.1. The van der Waals surface area contributed by atoms with Crippen LogP contribution in [0.3, 0.4) is 0 Å². The molecule has 7 nitrogen and oxygen atoms in total. The first-order chi connectivity index (χ1) is 13.5. The summed E-state index contributed by atoms with van der Waals surface area (Å²) in [5.41, 5.74) is 1.35. The number of aromatic nitrogens is 1. The van der Waals surface area contributed by atoms with Crippen LogP contribution in [0.1, 0.15) is 11.3 Å². The predicted octanol–water partition coefficient (Wildman–Crippen LogP) is 4.71. The van der Waals surface area contributed by atoms with Crippen molar-refractivity contribution >= 4 is 51.1 Å². The summed E-state index contributed by atoms with van der Waals surface area (Å²) in [6.07, 6.45) is 6.50. The number of allylic oxidation sites excluding steroid dienone is 2. The van der Waals surface area contributed by atoms with Crippen molar-refractivity contribution in [1.29, 1.82) is 0 Å². The Morgan fingerprint density at radius 1 is 1.39 bits per heavy atom. The van der Waals surface area contributed by atoms with Crippen LogP contribution < -0.4 is 0 Å². The van der Waals surface area contributed by atoms with E-state index in [0.29, 0.717) is 27.3 Å². The second kappa shape index (κ2) is 8.77. The molecule has 0 radical (unpaired) electrons. The third kappa shape index (κ3) is 4.44. The number of amidine groups is 1. The molecule has 0 N–H and O–H groups in total. The number of aryl methyl sites for hydroxylation is 1. The fraction of sp³-hybridized carbons (Fsp3) is 0.105. The zero-order valence-corrected chi connectivity index (χ0v) is 16.6. The summed E-state index contributed by atoms with van der Waals surface area (Å²) >= 11 is 2.64. The SMILES string of the molecule is C=CCN1C(=O)/C(=C/C=C/c2ccccc2[N+](=O)[O-])S/C1=N/c1nc(C)cs1. The van der Waals surface area contributed by atoms with Gasteiger partial charge in [-0.25, -0.2) is 4.98 Å². The number of carbonyl (C=O) groups excluding carboxylic acids is 1. The fourth-order valence-corrected chi connectivity index (χ4v) is 4.07. The van der Waals surface area contributed by atoms with Crippen LogP contribution in [0.4, 0.5) is 10.8 Å². The number of carbonyl (C=O) groups is 1. The second-order valence-corrected chi connectivity index (χ2v) is 7.52. The number of aliphatic imine (C=N–C) groups is 1. The number of rotatable bonds is 6. The highest BCUT2D eigenvalue weighted by Gasteiger charge is 2.32. The van der Waals surface area contributed by atoms with Crippen LogP contribution in [0, 0.1) is 17.0 Å². The Balaban J connectivity index is 1.86. The van der Waals surface area contributed by atoms with Crippen molar-refractivity contribution in [2.45, 2.75) is 6.92 Å². The molecule has 1 aliphatic heterocycles. The third-order valence-corrected chi connectivity index (χ3v) is 5.53. The van der Waals surface area contributed by atoms with Crippen molar-refractivity contribution in [1.82, 2.24) is 9.88 Å². The molecular formula is C19H16N4O3S2. The molecule has 1 fully saturated rings. The first kappa shape index (κ1) is 19.7. The Bertz CT molecular complexity index is 1020. The van der Waals surface area contributed by atoms with Gasteiger partial charge in [-0.3, -0.25) is 19.8 Å². The van der Waals surface area contributed by atoms with E-state index in [2.05, 4.69) is 16.6 Å². The third-order valence-electron chi connectivity index (χ3n) is 3.65. The second-order valence-electron chi connectivity index (χ2n) is 5.68. The first-order valence-corrected chi connectivity index (χ1v) is 9.92. The topological polar surface area (TPSA) is 88.7 Å². The number of nitro groups is 1. The van der Waals surface area contributed by atoms with Crippen molar-refractivity contribution < 1.29 is 9.72 Å². The summed E-state index contributed by atoms with van der Waals surface area (Å²) in [4.78, 5) is 34.1. The highest BCUT2D eigenvalue weighted by Crippen LogP contribution is 2.33. The quantitative estimate of drug-likeness (QED) is 0.297. The molecule has 0 aliphatic carbocycles. The zero-order valence-electron chi connectivity index (χ0n) is 14.9. The molecule has 0 unspecified atom stereocenters. The van der Waals surface area contributed by atoms with Gasteiger partial charge in [0.1, 0.15) is 0 Å². The van der Waals surface area contributed by atoms with Crippen molar-refractivity contribution in [2.75, 3.05) is 6.54 Å². The minimum absolute atomic E-state index is 0.0113. The van der Waals surface area contributed by atoms with Crippen molar-refractivity contribution in [2.24, 2.45) is 4.99 Å². The molecule has 2 heterocycles. The van der Waals surface area contributed by atoms with E-state index in [1.54, 1.807) is 42.5 Å². The molecule has 0 atom stereocenters. The molecule has 142 valence electrons. The molecule has 1 aromatic carbocycles. The summed E-state index contributed by atoms with van der Waals surface area (Å²) < 4.78 is 0. The van der Waals surface area contributed by atoms with E-state index in [4.69, 9.17) is 0 Å². The van der Waals surface area contributed by atoms with E-state index in [0.717, 1.165) is 5.69 Å². The Labute approximate surface area is 170 Å². The Hall–Kier alpha value is -3.04. The maximum atomic E-state index is 12.7. The lowest BCUT2D eigenvalue weighted by Crippen LogP contribution is -2.29. The number of hydrogen-bond donors (Lipinski definition) is 0. The van der Waals surface area contributed by atoms with E-state index in [1.807, 2.05) is 12.3 Å². The number of benzene rings is 1. The average molecular weight is 412 g/mol. The van der Waals surface area contributed by atoms with Crippen LogP contribution in [0.2, 0.25) is 0 Å². The van der Waals surface area contributed by atoms with Crippen LogP contribution in [-0.2, 0) is 4.79 Å². The molecule has 9 heteroatoms. The normalized spacial score (nSPS) is 17.2. The number of thioether (sulfide) groups is 1. The number of nitro benzene ring substituents is 1. The molecule has 1 aromatic heterocycles. The summed E-state index contributed by atoms with van der Waals surface area (Å²) in [5, 5.41) is 14.1. The standard InChI is InChI=1S/C19H16N4O3S2/c1-3-11-22-17(24)16(28-19(22)21-18-20-13(2)12-27-18)10-6-8-14-7-4-5-9-15(14)23(25)26/h3-10,12H,1,11H2,2H3/b8-6+,16-10-,21-19+. The van der Waals surface area contributed by atoms with E-state index < -0.39 is 4.92 Å². The van der Waals surface area contributed by atoms with Crippen LogP contribution in [-0.4, -0.2) is 32.4 Å². The minimum atomic E-state index is -0.436. The van der Waals surface area contributed by atoms with Gasteiger partial charge in [0.15, 0.2) is 5.17 Å². The van der Waals surface area contributed by atoms with Gasteiger partial charge in [0.25, 0.3) is 11.6 Å². The van der Waals surface area contributed by atoms with Gasteiger partial charge in [0, 0.05) is 18.0 Å². The highest BCUT2D eigenvalue weighted by atomic mass is 32.2. The van der Waals surface area contributed by atoms with E-state index in [1.165, 1.54) is 34.1 Å². The van der Waals surface area contributed by atoms with E-state index in [9.17, 15) is 14.9 Å². The summed E-state index contributed by atoms with van der Waals surface area (Å²) in [6.45, 7) is 5.90. The molecule has 1 saturated heterocycles. The highest BCUT2D eigenvalue weighted by molar-refractivity contribution is 8.18. The number of amides is 1. The van der Waals surface area contributed by atoms with Gasteiger partial charge in [-0.05, 0) is 36.9 Å². The van der Waals surface area contributed by atoms with Crippen LogP contribution in [0.15, 0.2) is 64.4 Å². The lowest BCUT2D eigenvalue weighted by molar-refractivity contribution is -0.385. The number of para-hydroxylation sites is 1. The lowest BCUT2D eigenvalue weighted by atomic mass is 10.1. The average Bonchev–Trinajstić information content (AvgIpc) is 3.20. The molecular weight excluding hydrogens is 396 g/mol. The van der Waals surface area contributed by atoms with Gasteiger partial charge in [0.2, 0.25) is 5.13 Å². The Morgan fingerprint density at radius 2 is 2.18 bits per heavy atom. The van der Waals surface area contributed by atoms with Crippen molar-refractivity contribution in [3.05, 3.63) is 80.7 Å². The molecule has 28 heavy (non-hydrogen) atoms. The summed E-state index contributed by atoms with van der Waals surface area (Å²) in [6, 6.07) is 6.43. The van der Waals surface area contributed by atoms with Crippen molar-refractivity contribution in [3.8, 4) is 0 Å². The number of thiazole rings is 1. The van der Waals surface area contributed by atoms with Gasteiger partial charge in [-0.2, -0.15) is 4.99 Å². The number of nitrogens with zero attached hydrogens (tertiary/aromatic N) is 4. The van der Waals surface area contributed by atoms with Crippen molar-refractivity contribution in [3.63, 3.8) is 0 Å². The van der Waals surface area contributed by atoms with Crippen LogP contribution in [0.25, 0.3) is 6.08 Å². The van der Waals surface area contributed by atoms with Crippen LogP contribution in [0.5, 0.6) is 0 Å². The van der Waals surface area contributed by atoms with Gasteiger partial charge in [-0.15, -0.1) is 17.9 Å². The lowest BCUT2D eigenvalue weighted by Gasteiger charge is -2.11. The molecule has 1 aliphatic rings. The number of hydrogen-bond acceptors (Lipinski definition) is 7. The fourth-order valence-electron chi connectivity index (χ4n) is 2.40. The summed E-state index contributed by atoms with van der Waals surface area (Å²) in [7, 11) is 0. The minimum Gasteiger partial charge on any atom is -0.282 e. The van der Waals surface area contributed by atoms with E-state index in [-0.39, 0.29) is 11.6 Å². The smallest absolute Gasteiger partial charge is 0.276 e. The molecule has 0 spiro atoms. The maximum absolute atomic E-state index is 12.7. The molecule has 1 amide bonds. The predicted molar refractivity (Wildman–Crippen MR) is 114 cm³/mol. The largest absolute Gasteiger partial charge is 0.282 e.